The predicted octanol–water partition coefficient (Wildman–Crippen LogP) is 16.1. The number of esters is 3. The minimum Gasteiger partial charge on any atom is -0.462 e. The number of carbonyl (C=O) groups is 3. The van der Waals surface area contributed by atoms with Crippen LogP contribution in [-0.2, 0) is 42.2 Å². The number of rotatable bonds is 51. The summed E-state index contributed by atoms with van der Waals surface area (Å²) in [6.45, 7) is 4.42. The highest BCUT2D eigenvalue weighted by Gasteiger charge is 2.28. The number of allylic oxidation sites excluding steroid dienone is 12. The van der Waals surface area contributed by atoms with Crippen molar-refractivity contribution in [2.75, 3.05) is 26.4 Å². The van der Waals surface area contributed by atoms with Gasteiger partial charge in [-0.1, -0.05) is 216 Å². The van der Waals surface area contributed by atoms with Gasteiger partial charge in [0.15, 0.2) is 6.10 Å². The first-order valence-electron chi connectivity index (χ1n) is 27.8. The predicted molar refractivity (Wildman–Crippen MR) is 288 cm³/mol. The van der Waals surface area contributed by atoms with E-state index >= 15 is 0 Å². The molecule has 0 heterocycles. The van der Waals surface area contributed by atoms with Crippen LogP contribution in [0.15, 0.2) is 72.9 Å². The molecule has 0 radical (unpaired) electrons. The Morgan fingerprint density at radius 1 is 0.414 bits per heavy atom. The summed E-state index contributed by atoms with van der Waals surface area (Å²) in [6, 6.07) is 0. The zero-order valence-electron chi connectivity index (χ0n) is 44.5. The van der Waals surface area contributed by atoms with E-state index in [2.05, 4.69) is 87.6 Å². The summed E-state index contributed by atoms with van der Waals surface area (Å²) in [5.74, 6) is -1.54. The molecule has 0 aliphatic carbocycles. The van der Waals surface area contributed by atoms with Gasteiger partial charge in [0.2, 0.25) is 0 Å². The van der Waals surface area contributed by atoms with Crippen LogP contribution in [-0.4, -0.2) is 66.5 Å². The van der Waals surface area contributed by atoms with E-state index in [1.54, 1.807) is 0 Å². The maximum absolute atomic E-state index is 12.9. The summed E-state index contributed by atoms with van der Waals surface area (Å²) < 4.78 is 39.4. The Morgan fingerprint density at radius 2 is 0.771 bits per heavy atom. The van der Waals surface area contributed by atoms with Crippen molar-refractivity contribution < 1.29 is 52.2 Å². The molecule has 12 heteroatoms. The number of carbonyl (C=O) groups excluding carboxylic acids is 3. The molecule has 11 nitrogen and oxygen atoms in total. The van der Waals surface area contributed by atoms with Crippen LogP contribution in [0.4, 0.5) is 0 Å². The largest absolute Gasteiger partial charge is 0.472 e. The lowest BCUT2D eigenvalue weighted by atomic mass is 10.0. The van der Waals surface area contributed by atoms with E-state index in [1.807, 2.05) is 6.08 Å². The smallest absolute Gasteiger partial charge is 0.462 e. The third-order valence-electron chi connectivity index (χ3n) is 11.6. The van der Waals surface area contributed by atoms with Crippen molar-refractivity contribution in [3.05, 3.63) is 72.9 Å². The number of phosphoric acid groups is 1. The number of phosphoric ester groups is 1. The lowest BCUT2D eigenvalue weighted by molar-refractivity contribution is -0.161. The Kier molecular flexibility index (Phi) is 50.0. The highest BCUT2D eigenvalue weighted by molar-refractivity contribution is 7.47. The molecule has 0 fully saturated rings. The first kappa shape index (κ1) is 66.9. The van der Waals surface area contributed by atoms with E-state index in [0.29, 0.717) is 25.7 Å². The van der Waals surface area contributed by atoms with E-state index in [1.165, 1.54) is 83.5 Å². The fraction of sp³-hybridized carbons (Fsp3) is 0.741. The minimum absolute atomic E-state index is 0.148. The molecule has 0 bridgehead atoms. The van der Waals surface area contributed by atoms with Gasteiger partial charge in [-0.25, -0.2) is 4.57 Å². The van der Waals surface area contributed by atoms with E-state index in [0.717, 1.165) is 89.9 Å². The van der Waals surface area contributed by atoms with Gasteiger partial charge >= 0.3 is 25.7 Å². The van der Waals surface area contributed by atoms with Crippen LogP contribution in [0.3, 0.4) is 0 Å². The maximum atomic E-state index is 12.9. The molecule has 0 rings (SSSR count). The van der Waals surface area contributed by atoms with Gasteiger partial charge in [0.25, 0.3) is 0 Å². The SMILES string of the molecule is CC/C=C\C/C=C\C/C=C\C/C=C\C/C=C\CCCC(=O)OCC(COP(=O)(O)OCC(CO)OC(=O)CCCCCCC/C=C\CCCC)OC(=O)CCCCCCCCCCCCCCCCC. The van der Waals surface area contributed by atoms with Crippen LogP contribution in [0.5, 0.6) is 0 Å². The van der Waals surface area contributed by atoms with Crippen molar-refractivity contribution in [2.24, 2.45) is 0 Å². The van der Waals surface area contributed by atoms with Crippen molar-refractivity contribution >= 4 is 25.7 Å². The summed E-state index contributed by atoms with van der Waals surface area (Å²) in [4.78, 5) is 48.4. The molecule has 3 unspecified atom stereocenters. The third-order valence-corrected chi connectivity index (χ3v) is 12.6. The summed E-state index contributed by atoms with van der Waals surface area (Å²) in [5.41, 5.74) is 0. The van der Waals surface area contributed by atoms with E-state index in [9.17, 15) is 28.9 Å². The lowest BCUT2D eigenvalue weighted by Gasteiger charge is -2.21. The van der Waals surface area contributed by atoms with Crippen LogP contribution in [0.25, 0.3) is 0 Å². The molecule has 0 aromatic rings. The second-order valence-corrected chi connectivity index (χ2v) is 19.8. The molecule has 3 atom stereocenters. The molecule has 0 aliphatic heterocycles. The van der Waals surface area contributed by atoms with Gasteiger partial charge in [0, 0.05) is 19.3 Å². The molecule has 70 heavy (non-hydrogen) atoms. The van der Waals surface area contributed by atoms with Crippen molar-refractivity contribution in [3.8, 4) is 0 Å². The average molecular weight is 1010 g/mol. The second-order valence-electron chi connectivity index (χ2n) is 18.4. The zero-order valence-corrected chi connectivity index (χ0v) is 45.4. The molecule has 2 N–H and O–H groups in total. The Labute approximate surface area is 427 Å². The Morgan fingerprint density at radius 3 is 1.24 bits per heavy atom. The Hall–Kier alpha value is -3.08. The van der Waals surface area contributed by atoms with Crippen LogP contribution >= 0.6 is 7.82 Å². The summed E-state index contributed by atoms with van der Waals surface area (Å²) in [5, 5.41) is 9.78. The van der Waals surface area contributed by atoms with Gasteiger partial charge < -0.3 is 24.2 Å². The number of hydrogen-bond donors (Lipinski definition) is 2. The first-order valence-corrected chi connectivity index (χ1v) is 29.3. The van der Waals surface area contributed by atoms with E-state index in [4.69, 9.17) is 23.3 Å². The zero-order chi connectivity index (χ0) is 51.3. The number of hydrogen-bond acceptors (Lipinski definition) is 10. The van der Waals surface area contributed by atoms with Crippen LogP contribution in [0, 0.1) is 0 Å². The topological polar surface area (TPSA) is 155 Å². The van der Waals surface area contributed by atoms with Gasteiger partial charge in [-0.3, -0.25) is 23.4 Å². The molecule has 0 aliphatic rings. The maximum Gasteiger partial charge on any atom is 0.472 e. The van der Waals surface area contributed by atoms with Crippen LogP contribution in [0.2, 0.25) is 0 Å². The molecule has 0 amide bonds. The molecule has 0 saturated carbocycles. The fourth-order valence-corrected chi connectivity index (χ4v) is 8.16. The fourth-order valence-electron chi connectivity index (χ4n) is 7.37. The van der Waals surface area contributed by atoms with Crippen LogP contribution < -0.4 is 0 Å². The van der Waals surface area contributed by atoms with Gasteiger partial charge in [0.1, 0.15) is 12.7 Å². The molecular formula is C58H101O11P. The number of aliphatic hydroxyl groups is 1. The number of unbranched alkanes of at least 4 members (excludes halogenated alkanes) is 22. The molecular weight excluding hydrogens is 904 g/mol. The minimum atomic E-state index is -4.76. The number of aliphatic hydroxyl groups excluding tert-OH is 1. The molecule has 0 spiro atoms. The number of ether oxygens (including phenoxy) is 3. The molecule has 0 aromatic carbocycles. The normalized spacial score (nSPS) is 14.0. The van der Waals surface area contributed by atoms with E-state index < -0.39 is 57.8 Å². The van der Waals surface area contributed by atoms with Crippen molar-refractivity contribution in [1.29, 1.82) is 0 Å². The molecule has 404 valence electrons. The molecule has 0 saturated heterocycles. The van der Waals surface area contributed by atoms with Crippen molar-refractivity contribution in [1.82, 2.24) is 0 Å². The Bertz CT molecular complexity index is 1450. The highest BCUT2D eigenvalue weighted by atomic mass is 31.2. The Balaban J connectivity index is 4.81. The standard InChI is InChI=1S/C58H101O11P/c1-4-7-10-13-16-19-22-24-26-27-29-30-33-35-38-41-44-47-56(60)65-51-55(69-58(62)49-46-43-40-37-34-31-28-25-23-20-17-14-11-8-5-2)53-67-70(63,64)66-52-54(50-59)68-57(61)48-45-42-39-36-32-21-18-15-12-9-6-3/h7,10,15-16,18-19,24,26,29-30,35,38,54-55,59H,4-6,8-9,11-14,17,20-23,25,27-28,31-34,36-37,39-53H2,1-3H3,(H,63,64)/b10-7-,18-15-,19-16-,26-24-,30-29-,38-35-. The van der Waals surface area contributed by atoms with E-state index in [-0.39, 0.29) is 25.9 Å². The van der Waals surface area contributed by atoms with Crippen molar-refractivity contribution in [2.45, 2.75) is 251 Å². The quantitative estimate of drug-likeness (QED) is 0.0197. The van der Waals surface area contributed by atoms with Gasteiger partial charge in [-0.2, -0.15) is 0 Å². The summed E-state index contributed by atoms with van der Waals surface area (Å²) >= 11 is 0. The third kappa shape index (κ3) is 49.9. The summed E-state index contributed by atoms with van der Waals surface area (Å²) in [6.07, 6.45) is 57.3. The van der Waals surface area contributed by atoms with Gasteiger partial charge in [-0.05, 0) is 77.0 Å². The summed E-state index contributed by atoms with van der Waals surface area (Å²) in [7, 11) is -4.76. The lowest BCUT2D eigenvalue weighted by Crippen LogP contribution is -2.30. The highest BCUT2D eigenvalue weighted by Crippen LogP contribution is 2.43. The average Bonchev–Trinajstić information content (AvgIpc) is 3.35. The van der Waals surface area contributed by atoms with Crippen molar-refractivity contribution in [3.63, 3.8) is 0 Å². The first-order chi connectivity index (χ1) is 34.2. The van der Waals surface area contributed by atoms with Gasteiger partial charge in [0.05, 0.1) is 19.8 Å². The second kappa shape index (κ2) is 52.2. The monoisotopic (exact) mass is 1000 g/mol. The molecule has 0 aromatic heterocycles. The van der Waals surface area contributed by atoms with Crippen LogP contribution in [0.1, 0.15) is 239 Å². The van der Waals surface area contributed by atoms with Gasteiger partial charge in [-0.15, -0.1) is 0 Å².